The highest BCUT2D eigenvalue weighted by Gasteiger charge is 2.12. The smallest absolute Gasteiger partial charge is 0.287 e. The Morgan fingerprint density at radius 1 is 1.29 bits per heavy atom. The van der Waals surface area contributed by atoms with Gasteiger partial charge in [-0.3, -0.25) is 14.7 Å². The van der Waals surface area contributed by atoms with Crippen LogP contribution < -0.4 is 15.3 Å². The summed E-state index contributed by atoms with van der Waals surface area (Å²) in [7, 11) is 0.217. The molecule has 1 atom stereocenters. The van der Waals surface area contributed by atoms with E-state index in [9.17, 15) is 4.79 Å². The van der Waals surface area contributed by atoms with Crippen molar-refractivity contribution in [3.8, 4) is 5.97 Å². The Labute approximate surface area is 124 Å². The average molecular weight is 279 g/mol. The molecule has 2 N–H and O–H groups in total. The van der Waals surface area contributed by atoms with Gasteiger partial charge in [-0.05, 0) is 18.6 Å². The number of benzene rings is 1. The number of amides is 1. The molecule has 0 radical (unpaired) electrons. The molecule has 0 fully saturated rings. The summed E-state index contributed by atoms with van der Waals surface area (Å²) < 4.78 is 1.66. The van der Waals surface area contributed by atoms with Gasteiger partial charge in [0.15, 0.2) is 6.20 Å². The molecule has 5 nitrogen and oxygen atoms in total. The Hall–Kier alpha value is -2.65. The van der Waals surface area contributed by atoms with Gasteiger partial charge in [0.05, 0.1) is 5.97 Å². The maximum absolute atomic E-state index is 12.1. The molecule has 1 amide bonds. The number of hydrogen-bond donors (Lipinski definition) is 2. The third-order valence-electron chi connectivity index (χ3n) is 3.08. The number of pyridine rings is 1. The lowest BCUT2D eigenvalue weighted by atomic mass is 9.98. The fraction of sp³-hybridized carbons (Fsp3) is 0.133. The molecule has 0 saturated carbocycles. The van der Waals surface area contributed by atoms with E-state index in [1.807, 2.05) is 43.2 Å². The lowest BCUT2D eigenvalue weighted by molar-refractivity contribution is -0.527. The van der Waals surface area contributed by atoms with Gasteiger partial charge >= 0.3 is 7.41 Å². The van der Waals surface area contributed by atoms with E-state index < -0.39 is 0 Å². The van der Waals surface area contributed by atoms with Gasteiger partial charge in [0.2, 0.25) is 0 Å². The molecule has 1 aromatic heterocycles. The van der Waals surface area contributed by atoms with Crippen molar-refractivity contribution in [3.05, 3.63) is 66.0 Å². The third kappa shape index (κ3) is 4.16. The van der Waals surface area contributed by atoms with E-state index in [1.54, 1.807) is 29.0 Å². The number of hydrogen-bond acceptors (Lipinski definition) is 3. The van der Waals surface area contributed by atoms with E-state index in [-0.39, 0.29) is 19.4 Å². The van der Waals surface area contributed by atoms with Crippen LogP contribution in [-0.2, 0) is 0 Å². The average Bonchev–Trinajstić information content (AvgIpc) is 2.53. The quantitative estimate of drug-likeness (QED) is 0.623. The standard InChI is InChI=1S/C15H15BN4O/c1-12(13-6-3-2-4-7-13)18-19-15(21)14-8-5-9-20(10-14)16-11-17/h2-10,12,16,18H,1H3/p+1. The van der Waals surface area contributed by atoms with Gasteiger partial charge < -0.3 is 0 Å². The van der Waals surface area contributed by atoms with Crippen molar-refractivity contribution in [1.82, 2.24) is 10.9 Å². The first-order chi connectivity index (χ1) is 10.2. The second-order valence-corrected chi connectivity index (χ2v) is 4.65. The highest BCUT2D eigenvalue weighted by atomic mass is 16.2. The lowest BCUT2D eigenvalue weighted by Crippen LogP contribution is -2.42. The number of carbonyl (C=O) groups is 1. The van der Waals surface area contributed by atoms with Gasteiger partial charge in [0, 0.05) is 12.1 Å². The van der Waals surface area contributed by atoms with Gasteiger partial charge in [-0.1, -0.05) is 30.3 Å². The molecular formula is C15H16BN4O+. The first-order valence-electron chi connectivity index (χ1n) is 6.67. The number of nitriles is 1. The van der Waals surface area contributed by atoms with Crippen molar-refractivity contribution in [2.45, 2.75) is 13.0 Å². The molecule has 1 aromatic carbocycles. The van der Waals surface area contributed by atoms with Gasteiger partial charge in [-0.15, -0.1) is 0 Å². The number of hydrazine groups is 1. The maximum atomic E-state index is 12.1. The van der Waals surface area contributed by atoms with Crippen LogP contribution in [0.2, 0.25) is 0 Å². The molecule has 0 aliphatic carbocycles. The minimum Gasteiger partial charge on any atom is -0.287 e. The fourth-order valence-electron chi connectivity index (χ4n) is 1.91. The van der Waals surface area contributed by atoms with Gasteiger partial charge in [-0.25, -0.2) is 10.7 Å². The normalized spacial score (nSPS) is 11.2. The predicted octanol–water partition coefficient (Wildman–Crippen LogP) is 0.650. The van der Waals surface area contributed by atoms with E-state index in [4.69, 9.17) is 5.26 Å². The zero-order valence-electron chi connectivity index (χ0n) is 11.8. The number of carbonyl (C=O) groups excluding carboxylic acids is 1. The molecule has 1 heterocycles. The molecule has 0 aliphatic heterocycles. The molecule has 1 unspecified atom stereocenters. The highest BCUT2D eigenvalue weighted by Crippen LogP contribution is 2.09. The number of nitrogens with one attached hydrogen (secondary N) is 2. The predicted molar refractivity (Wildman–Crippen MR) is 80.3 cm³/mol. The zero-order chi connectivity index (χ0) is 15.1. The summed E-state index contributed by atoms with van der Waals surface area (Å²) >= 11 is 0. The van der Waals surface area contributed by atoms with E-state index >= 15 is 0 Å². The first-order valence-corrected chi connectivity index (χ1v) is 6.67. The second-order valence-electron chi connectivity index (χ2n) is 4.65. The highest BCUT2D eigenvalue weighted by molar-refractivity contribution is 6.35. The second kappa shape index (κ2) is 7.22. The van der Waals surface area contributed by atoms with Crippen LogP contribution in [0, 0.1) is 11.2 Å². The van der Waals surface area contributed by atoms with Crippen molar-refractivity contribution < 1.29 is 9.27 Å². The van der Waals surface area contributed by atoms with Crippen molar-refractivity contribution in [3.63, 3.8) is 0 Å². The summed E-state index contributed by atoms with van der Waals surface area (Å²) in [6, 6.07) is 13.3. The molecule has 2 rings (SSSR count). The first kappa shape index (κ1) is 14.8. The molecule has 0 aliphatic rings. The fourth-order valence-corrected chi connectivity index (χ4v) is 1.91. The Bertz CT molecular complexity index is 654. The summed E-state index contributed by atoms with van der Waals surface area (Å²) in [5.74, 6) is 1.81. The van der Waals surface area contributed by atoms with E-state index in [2.05, 4.69) is 10.9 Å². The maximum Gasteiger partial charge on any atom is 0.587 e. The lowest BCUT2D eigenvalue weighted by Gasteiger charge is -2.14. The molecule has 0 bridgehead atoms. The number of rotatable bonds is 5. The summed E-state index contributed by atoms with van der Waals surface area (Å²) in [5.41, 5.74) is 7.24. The summed E-state index contributed by atoms with van der Waals surface area (Å²) in [6.07, 6.45) is 3.40. The van der Waals surface area contributed by atoms with Crippen LogP contribution in [0.1, 0.15) is 28.9 Å². The Morgan fingerprint density at radius 3 is 2.76 bits per heavy atom. The van der Waals surface area contributed by atoms with Gasteiger partial charge in [0.1, 0.15) is 11.8 Å². The van der Waals surface area contributed by atoms with Crippen molar-refractivity contribution in [2.75, 3.05) is 0 Å². The van der Waals surface area contributed by atoms with Crippen LogP contribution >= 0.6 is 0 Å². The Kier molecular flexibility index (Phi) is 5.07. The summed E-state index contributed by atoms with van der Waals surface area (Å²) in [5, 5.41) is 8.67. The molecular weight excluding hydrogens is 263 g/mol. The zero-order valence-corrected chi connectivity index (χ0v) is 11.8. The third-order valence-corrected chi connectivity index (χ3v) is 3.08. The summed E-state index contributed by atoms with van der Waals surface area (Å²) in [4.78, 5) is 12.1. The van der Waals surface area contributed by atoms with Crippen LogP contribution in [0.5, 0.6) is 0 Å². The molecule has 21 heavy (non-hydrogen) atoms. The number of aromatic nitrogens is 1. The van der Waals surface area contributed by atoms with Crippen LogP contribution in [0.3, 0.4) is 0 Å². The monoisotopic (exact) mass is 279 g/mol. The van der Waals surface area contributed by atoms with Crippen LogP contribution in [-0.4, -0.2) is 13.3 Å². The molecule has 2 aromatic rings. The van der Waals surface area contributed by atoms with E-state index in [0.717, 1.165) is 5.56 Å². The largest absolute Gasteiger partial charge is 0.587 e. The van der Waals surface area contributed by atoms with Crippen LogP contribution in [0.25, 0.3) is 0 Å². The molecule has 104 valence electrons. The minimum absolute atomic E-state index is 0.00472. The van der Waals surface area contributed by atoms with Gasteiger partial charge in [0.25, 0.3) is 5.91 Å². The molecule has 6 heteroatoms. The van der Waals surface area contributed by atoms with E-state index in [0.29, 0.717) is 5.56 Å². The Morgan fingerprint density at radius 2 is 2.05 bits per heavy atom. The summed E-state index contributed by atoms with van der Waals surface area (Å²) in [6.45, 7) is 1.97. The van der Waals surface area contributed by atoms with Crippen LogP contribution in [0.15, 0.2) is 54.9 Å². The SMILES string of the molecule is CC(NNC(=O)c1ccc[n+](BC#N)c1)c1ccccc1. The van der Waals surface area contributed by atoms with Crippen molar-refractivity contribution >= 4 is 13.3 Å². The van der Waals surface area contributed by atoms with E-state index in [1.165, 1.54) is 0 Å². The molecule has 0 saturated heterocycles. The Balaban J connectivity index is 1.96. The van der Waals surface area contributed by atoms with Crippen LogP contribution in [0.4, 0.5) is 0 Å². The van der Waals surface area contributed by atoms with Crippen molar-refractivity contribution in [2.24, 2.45) is 0 Å². The number of nitrogens with zero attached hydrogens (tertiary/aromatic N) is 2. The topological polar surface area (TPSA) is 68.8 Å². The molecule has 0 spiro atoms. The minimum atomic E-state index is -0.231. The van der Waals surface area contributed by atoms with Gasteiger partial charge in [-0.2, -0.15) is 0 Å². The van der Waals surface area contributed by atoms with Crippen molar-refractivity contribution in [1.29, 1.82) is 5.26 Å².